The van der Waals surface area contributed by atoms with Gasteiger partial charge in [-0.3, -0.25) is 9.62 Å². The highest BCUT2D eigenvalue weighted by Gasteiger charge is 2.38. The minimum absolute atomic E-state index is 0.138. The SMILES string of the molecule is Cc1ccc(CN2CCN(C(=O)n3ccc(NS(C)(=O)=O)n3)CC2)c(N2CC3COCC3C2)c1. The molecule has 1 aromatic carbocycles. The van der Waals surface area contributed by atoms with E-state index in [9.17, 15) is 13.2 Å². The lowest BCUT2D eigenvalue weighted by Crippen LogP contribution is -2.49. The number of aryl methyl sites for hydroxylation is 1. The number of piperazine rings is 1. The monoisotopic (exact) mass is 488 g/mol. The number of aromatic nitrogens is 2. The average molecular weight is 489 g/mol. The summed E-state index contributed by atoms with van der Waals surface area (Å²) >= 11 is 0. The third kappa shape index (κ3) is 5.06. The standard InChI is InChI=1S/C23H32N6O4S/c1-17-3-4-18(21(11-17)28-13-19-15-33-16-20(19)14-28)12-26-7-9-27(10-8-26)23(30)29-6-5-22(24-29)25-34(2,31)32/h3-6,11,19-20H,7-10,12-16H2,1-2H3,(H,24,25). The van der Waals surface area contributed by atoms with Gasteiger partial charge in [-0.05, 0) is 24.1 Å². The van der Waals surface area contributed by atoms with Crippen molar-refractivity contribution in [1.29, 1.82) is 0 Å². The number of carbonyl (C=O) groups excluding carboxylic acids is 1. The van der Waals surface area contributed by atoms with Crippen LogP contribution in [-0.2, 0) is 21.3 Å². The first-order valence-corrected chi connectivity index (χ1v) is 13.6. The summed E-state index contributed by atoms with van der Waals surface area (Å²) in [5.41, 5.74) is 3.93. The predicted molar refractivity (Wildman–Crippen MR) is 130 cm³/mol. The molecule has 2 unspecified atom stereocenters. The molecule has 0 spiro atoms. The van der Waals surface area contributed by atoms with E-state index >= 15 is 0 Å². The zero-order valence-corrected chi connectivity index (χ0v) is 20.5. The van der Waals surface area contributed by atoms with Crippen molar-refractivity contribution in [3.63, 3.8) is 0 Å². The topological polar surface area (TPSA) is 100 Å². The molecule has 11 heteroatoms. The molecule has 0 aliphatic carbocycles. The molecule has 4 heterocycles. The smallest absolute Gasteiger partial charge is 0.344 e. The number of nitrogens with zero attached hydrogens (tertiary/aromatic N) is 5. The lowest BCUT2D eigenvalue weighted by molar-refractivity contribution is 0.134. The van der Waals surface area contributed by atoms with Crippen molar-refractivity contribution in [2.45, 2.75) is 13.5 Å². The van der Waals surface area contributed by atoms with Crippen LogP contribution < -0.4 is 9.62 Å². The predicted octanol–water partition coefficient (Wildman–Crippen LogP) is 1.43. The number of amides is 1. The highest BCUT2D eigenvalue weighted by atomic mass is 32.2. The van der Waals surface area contributed by atoms with E-state index in [1.54, 1.807) is 4.90 Å². The molecule has 2 atom stereocenters. The second kappa shape index (κ2) is 9.20. The Morgan fingerprint density at radius 3 is 2.50 bits per heavy atom. The van der Waals surface area contributed by atoms with Gasteiger partial charge in [0, 0.05) is 75.6 Å². The van der Waals surface area contributed by atoms with Crippen molar-refractivity contribution < 1.29 is 17.9 Å². The first-order chi connectivity index (χ1) is 16.2. The third-order valence-electron chi connectivity index (χ3n) is 6.93. The van der Waals surface area contributed by atoms with Crippen molar-refractivity contribution in [3.8, 4) is 0 Å². The molecule has 3 aliphatic heterocycles. The van der Waals surface area contributed by atoms with Gasteiger partial charge in [0.1, 0.15) is 0 Å². The maximum Gasteiger partial charge on any atom is 0.344 e. The summed E-state index contributed by atoms with van der Waals surface area (Å²) < 4.78 is 31.9. The van der Waals surface area contributed by atoms with Crippen molar-refractivity contribution >= 4 is 27.6 Å². The number of rotatable bonds is 5. The van der Waals surface area contributed by atoms with Gasteiger partial charge in [0.05, 0.1) is 19.5 Å². The van der Waals surface area contributed by atoms with Crippen LogP contribution in [0.1, 0.15) is 11.1 Å². The van der Waals surface area contributed by atoms with Crippen molar-refractivity contribution in [2.75, 3.05) is 68.4 Å². The Morgan fingerprint density at radius 1 is 1.12 bits per heavy atom. The number of benzene rings is 1. The average Bonchev–Trinajstić information content (AvgIpc) is 3.50. The molecule has 184 valence electrons. The lowest BCUT2D eigenvalue weighted by Gasteiger charge is -2.35. The van der Waals surface area contributed by atoms with Crippen molar-refractivity contribution in [3.05, 3.63) is 41.6 Å². The van der Waals surface area contributed by atoms with E-state index < -0.39 is 10.0 Å². The first kappa shape index (κ1) is 23.1. The number of carbonyl (C=O) groups is 1. The number of fused-ring (bicyclic) bond motifs is 1. The number of anilines is 2. The van der Waals surface area contributed by atoms with Gasteiger partial charge in [0.2, 0.25) is 10.0 Å². The fraction of sp³-hybridized carbons (Fsp3) is 0.565. The van der Waals surface area contributed by atoms with E-state index in [4.69, 9.17) is 4.74 Å². The molecule has 1 aromatic heterocycles. The van der Waals surface area contributed by atoms with E-state index in [0.29, 0.717) is 24.9 Å². The summed E-state index contributed by atoms with van der Waals surface area (Å²) in [6, 6.07) is 7.96. The minimum Gasteiger partial charge on any atom is -0.381 e. The molecule has 10 nitrogen and oxygen atoms in total. The summed E-state index contributed by atoms with van der Waals surface area (Å²) in [7, 11) is -3.44. The molecule has 5 rings (SSSR count). The van der Waals surface area contributed by atoms with Gasteiger partial charge in [-0.2, -0.15) is 4.68 Å². The van der Waals surface area contributed by atoms with E-state index in [1.165, 1.54) is 33.8 Å². The maximum atomic E-state index is 12.8. The zero-order valence-electron chi connectivity index (χ0n) is 19.7. The van der Waals surface area contributed by atoms with E-state index in [0.717, 1.165) is 52.2 Å². The van der Waals surface area contributed by atoms with E-state index in [1.807, 2.05) is 0 Å². The van der Waals surface area contributed by atoms with E-state index in [2.05, 4.69) is 44.7 Å². The number of hydrogen-bond donors (Lipinski definition) is 1. The minimum atomic E-state index is -3.44. The Morgan fingerprint density at radius 2 is 1.82 bits per heavy atom. The lowest BCUT2D eigenvalue weighted by atomic mass is 10.0. The quantitative estimate of drug-likeness (QED) is 0.680. The third-order valence-corrected chi connectivity index (χ3v) is 7.51. The summed E-state index contributed by atoms with van der Waals surface area (Å²) in [4.78, 5) is 19.5. The molecule has 3 aliphatic rings. The molecule has 1 amide bonds. The van der Waals surface area contributed by atoms with Crippen LogP contribution in [0.15, 0.2) is 30.5 Å². The molecule has 3 fully saturated rings. The van der Waals surface area contributed by atoms with Crippen LogP contribution in [0.2, 0.25) is 0 Å². The van der Waals surface area contributed by atoms with Gasteiger partial charge in [0.25, 0.3) is 0 Å². The molecular formula is C23H32N6O4S. The summed E-state index contributed by atoms with van der Waals surface area (Å²) in [6.45, 7) is 9.60. The summed E-state index contributed by atoms with van der Waals surface area (Å²) in [6.07, 6.45) is 2.54. The van der Waals surface area contributed by atoms with Crippen LogP contribution in [0.4, 0.5) is 16.3 Å². The summed E-state index contributed by atoms with van der Waals surface area (Å²) in [5, 5.41) is 4.05. The first-order valence-electron chi connectivity index (χ1n) is 11.7. The van der Waals surface area contributed by atoms with Crippen molar-refractivity contribution in [1.82, 2.24) is 19.6 Å². The van der Waals surface area contributed by atoms with Gasteiger partial charge >= 0.3 is 6.03 Å². The van der Waals surface area contributed by atoms with Crippen LogP contribution in [-0.4, -0.2) is 92.8 Å². The zero-order chi connectivity index (χ0) is 23.9. The molecule has 2 aromatic rings. The number of sulfonamides is 1. The van der Waals surface area contributed by atoms with Gasteiger partial charge in [-0.25, -0.2) is 13.2 Å². The second-order valence-electron chi connectivity index (χ2n) is 9.66. The van der Waals surface area contributed by atoms with Crippen LogP contribution >= 0.6 is 0 Å². The molecule has 0 saturated carbocycles. The molecule has 34 heavy (non-hydrogen) atoms. The van der Waals surface area contributed by atoms with Crippen molar-refractivity contribution in [2.24, 2.45) is 11.8 Å². The Balaban J connectivity index is 1.20. The normalized spacial score (nSPS) is 23.4. The highest BCUT2D eigenvalue weighted by Crippen LogP contribution is 2.35. The Hall–Kier alpha value is -2.63. The Bertz CT molecular complexity index is 1150. The number of nitrogens with one attached hydrogen (secondary N) is 1. The van der Waals surface area contributed by atoms with Crippen LogP contribution in [0.3, 0.4) is 0 Å². The Kier molecular flexibility index (Phi) is 6.26. The molecule has 1 N–H and O–H groups in total. The summed E-state index contributed by atoms with van der Waals surface area (Å²) in [5.74, 6) is 1.41. The molecular weight excluding hydrogens is 456 g/mol. The number of hydrogen-bond acceptors (Lipinski definition) is 7. The van der Waals surface area contributed by atoms with Gasteiger partial charge in [-0.15, -0.1) is 5.10 Å². The van der Waals surface area contributed by atoms with Crippen LogP contribution in [0, 0.1) is 18.8 Å². The maximum absolute atomic E-state index is 12.8. The second-order valence-corrected chi connectivity index (χ2v) is 11.4. The van der Waals surface area contributed by atoms with Gasteiger partial charge < -0.3 is 14.5 Å². The fourth-order valence-corrected chi connectivity index (χ4v) is 5.63. The van der Waals surface area contributed by atoms with Gasteiger partial charge in [-0.1, -0.05) is 12.1 Å². The van der Waals surface area contributed by atoms with Gasteiger partial charge in [0.15, 0.2) is 5.82 Å². The molecule has 3 saturated heterocycles. The van der Waals surface area contributed by atoms with Crippen LogP contribution in [0.5, 0.6) is 0 Å². The van der Waals surface area contributed by atoms with E-state index in [-0.39, 0.29) is 11.8 Å². The molecule has 0 bridgehead atoms. The largest absolute Gasteiger partial charge is 0.381 e. The Labute approximate surface area is 200 Å². The fourth-order valence-electron chi connectivity index (χ4n) is 5.14. The highest BCUT2D eigenvalue weighted by molar-refractivity contribution is 7.92. The molecule has 0 radical (unpaired) electrons. The van der Waals surface area contributed by atoms with Crippen LogP contribution in [0.25, 0.3) is 0 Å². The number of ether oxygens (including phenoxy) is 1.